The van der Waals surface area contributed by atoms with Gasteiger partial charge in [0.25, 0.3) is 0 Å². The number of benzene rings is 2. The number of hydrogen-bond acceptors (Lipinski definition) is 3. The summed E-state index contributed by atoms with van der Waals surface area (Å²) in [6.07, 6.45) is -0.512. The van der Waals surface area contributed by atoms with Crippen LogP contribution in [-0.2, 0) is 4.74 Å². The van der Waals surface area contributed by atoms with Crippen LogP contribution in [0.25, 0.3) is 0 Å². The van der Waals surface area contributed by atoms with Crippen LogP contribution in [0.4, 0.5) is 0 Å². The topological polar surface area (TPSA) is 38.8 Å². The van der Waals surface area contributed by atoms with Crippen LogP contribution < -0.4 is 4.74 Å². The summed E-state index contributed by atoms with van der Waals surface area (Å²) in [4.78, 5) is 12.3. The van der Waals surface area contributed by atoms with Gasteiger partial charge in [-0.05, 0) is 29.8 Å². The van der Waals surface area contributed by atoms with Crippen LogP contribution in [0.15, 0.2) is 53.0 Å². The first kappa shape index (κ1) is 13.3. The summed E-state index contributed by atoms with van der Waals surface area (Å²) in [6.45, 7) is 0. The second-order valence-corrected chi connectivity index (χ2v) is 5.54. The van der Waals surface area contributed by atoms with Gasteiger partial charge in [-0.15, -0.1) is 0 Å². The molecule has 1 fully saturated rings. The molecule has 2 unspecified atom stereocenters. The molecule has 4 heteroatoms. The molecule has 2 atom stereocenters. The van der Waals surface area contributed by atoms with Crippen molar-refractivity contribution < 1.29 is 14.3 Å². The Morgan fingerprint density at radius 3 is 2.35 bits per heavy atom. The van der Waals surface area contributed by atoms with E-state index in [-0.39, 0.29) is 18.0 Å². The van der Waals surface area contributed by atoms with Crippen LogP contribution in [0.2, 0.25) is 0 Å². The van der Waals surface area contributed by atoms with E-state index in [0.29, 0.717) is 5.56 Å². The van der Waals surface area contributed by atoms with Gasteiger partial charge in [0.05, 0.1) is 7.11 Å². The molecule has 0 bridgehead atoms. The second-order valence-electron chi connectivity index (χ2n) is 4.62. The fourth-order valence-electron chi connectivity index (χ4n) is 2.14. The third-order valence-electron chi connectivity index (χ3n) is 3.32. The number of carbonyl (C=O) groups excluding carboxylic acids is 1. The zero-order valence-corrected chi connectivity index (χ0v) is 12.5. The minimum atomic E-state index is -0.371. The van der Waals surface area contributed by atoms with Crippen molar-refractivity contribution in [1.82, 2.24) is 0 Å². The average Bonchev–Trinajstić information content (AvgIpc) is 3.28. The summed E-state index contributed by atoms with van der Waals surface area (Å²) in [5, 5.41) is 0. The minimum Gasteiger partial charge on any atom is -0.497 e. The predicted octanol–water partition coefficient (Wildman–Crippen LogP) is 3.78. The third kappa shape index (κ3) is 2.62. The van der Waals surface area contributed by atoms with Gasteiger partial charge in [-0.2, -0.15) is 0 Å². The number of halogens is 1. The molecule has 3 nitrogen and oxygen atoms in total. The Labute approximate surface area is 125 Å². The molecule has 0 aromatic heterocycles. The first-order chi connectivity index (χ1) is 9.69. The number of ether oxygens (including phenoxy) is 2. The van der Waals surface area contributed by atoms with Gasteiger partial charge in [0, 0.05) is 10.0 Å². The molecule has 102 valence electrons. The highest BCUT2D eigenvalue weighted by molar-refractivity contribution is 9.10. The van der Waals surface area contributed by atoms with E-state index in [1.54, 1.807) is 19.2 Å². The molecule has 1 heterocycles. The second kappa shape index (κ2) is 5.38. The molecule has 0 aliphatic carbocycles. The van der Waals surface area contributed by atoms with E-state index >= 15 is 0 Å². The van der Waals surface area contributed by atoms with E-state index in [1.165, 1.54) is 0 Å². The minimum absolute atomic E-state index is 0.0262. The maximum atomic E-state index is 12.3. The maximum absolute atomic E-state index is 12.3. The highest BCUT2D eigenvalue weighted by Crippen LogP contribution is 2.41. The first-order valence-corrected chi connectivity index (χ1v) is 7.07. The lowest BCUT2D eigenvalue weighted by Crippen LogP contribution is -2.07. The van der Waals surface area contributed by atoms with Crippen molar-refractivity contribution in [3.63, 3.8) is 0 Å². The Hall–Kier alpha value is -1.65. The smallest absolute Gasteiger partial charge is 0.194 e. The summed E-state index contributed by atoms with van der Waals surface area (Å²) in [7, 11) is 1.63. The van der Waals surface area contributed by atoms with Crippen LogP contribution in [0.5, 0.6) is 5.75 Å². The molecule has 0 saturated carbocycles. The SMILES string of the molecule is COc1ccc(C2OC2C(=O)c2ccc(Br)cc2)cc1. The van der Waals surface area contributed by atoms with Gasteiger partial charge in [0.2, 0.25) is 0 Å². The lowest BCUT2D eigenvalue weighted by Gasteiger charge is -2.01. The average molecular weight is 333 g/mol. The fourth-order valence-corrected chi connectivity index (χ4v) is 2.40. The summed E-state index contributed by atoms with van der Waals surface area (Å²) < 4.78 is 11.6. The molecule has 0 N–H and O–H groups in total. The quantitative estimate of drug-likeness (QED) is 0.631. The molecule has 3 rings (SSSR count). The van der Waals surface area contributed by atoms with Crippen LogP contribution in [0.1, 0.15) is 22.0 Å². The van der Waals surface area contributed by atoms with E-state index in [2.05, 4.69) is 15.9 Å². The molecule has 0 spiro atoms. The Morgan fingerprint density at radius 1 is 1.10 bits per heavy atom. The number of carbonyl (C=O) groups is 1. The molecule has 1 aliphatic rings. The summed E-state index contributed by atoms with van der Waals surface area (Å²) in [5.41, 5.74) is 1.68. The molecule has 2 aromatic carbocycles. The Balaban J connectivity index is 1.71. The third-order valence-corrected chi connectivity index (χ3v) is 3.85. The summed E-state index contributed by atoms with van der Waals surface area (Å²) >= 11 is 3.35. The summed E-state index contributed by atoms with van der Waals surface area (Å²) in [5.74, 6) is 0.823. The van der Waals surface area contributed by atoms with Gasteiger partial charge in [0.1, 0.15) is 11.9 Å². The molecular weight excluding hydrogens is 320 g/mol. The number of Topliss-reactive ketones (excluding diaryl/α,β-unsaturated/α-hetero) is 1. The standard InChI is InChI=1S/C16H13BrO3/c1-19-13-8-4-11(5-9-13)15-16(20-15)14(18)10-2-6-12(17)7-3-10/h2-9,15-16H,1H3. The maximum Gasteiger partial charge on any atom is 0.194 e. The normalized spacial score (nSPS) is 20.5. The van der Waals surface area contributed by atoms with Gasteiger partial charge in [-0.1, -0.05) is 40.2 Å². The van der Waals surface area contributed by atoms with E-state index in [4.69, 9.17) is 9.47 Å². The van der Waals surface area contributed by atoms with Crippen molar-refractivity contribution >= 4 is 21.7 Å². The Kier molecular flexibility index (Phi) is 3.59. The molecule has 20 heavy (non-hydrogen) atoms. The Morgan fingerprint density at radius 2 is 1.75 bits per heavy atom. The zero-order valence-electron chi connectivity index (χ0n) is 10.9. The highest BCUT2D eigenvalue weighted by Gasteiger charge is 2.46. The molecule has 0 amide bonds. The van der Waals surface area contributed by atoms with Gasteiger partial charge < -0.3 is 9.47 Å². The monoisotopic (exact) mass is 332 g/mol. The van der Waals surface area contributed by atoms with Gasteiger partial charge >= 0.3 is 0 Å². The van der Waals surface area contributed by atoms with Crippen LogP contribution in [0, 0.1) is 0 Å². The number of epoxide rings is 1. The largest absolute Gasteiger partial charge is 0.497 e. The van der Waals surface area contributed by atoms with Gasteiger partial charge in [-0.25, -0.2) is 0 Å². The number of hydrogen-bond donors (Lipinski definition) is 0. The molecule has 2 aromatic rings. The fraction of sp³-hybridized carbons (Fsp3) is 0.188. The van der Waals surface area contributed by atoms with E-state index in [0.717, 1.165) is 15.8 Å². The van der Waals surface area contributed by atoms with Crippen LogP contribution in [-0.4, -0.2) is 19.0 Å². The zero-order chi connectivity index (χ0) is 14.1. The number of methoxy groups -OCH3 is 1. The van der Waals surface area contributed by atoms with Crippen molar-refractivity contribution in [3.8, 4) is 5.75 Å². The molecule has 1 saturated heterocycles. The van der Waals surface area contributed by atoms with Crippen molar-refractivity contribution in [3.05, 3.63) is 64.1 Å². The lowest BCUT2D eigenvalue weighted by molar-refractivity contribution is 0.0953. The lowest BCUT2D eigenvalue weighted by atomic mass is 10.0. The van der Waals surface area contributed by atoms with Crippen molar-refractivity contribution in [2.24, 2.45) is 0 Å². The molecular formula is C16H13BrO3. The predicted molar refractivity (Wildman–Crippen MR) is 79.1 cm³/mol. The highest BCUT2D eigenvalue weighted by atomic mass is 79.9. The first-order valence-electron chi connectivity index (χ1n) is 6.28. The molecule has 1 aliphatic heterocycles. The van der Waals surface area contributed by atoms with Crippen LogP contribution >= 0.6 is 15.9 Å². The summed E-state index contributed by atoms with van der Waals surface area (Å²) in [6, 6.07) is 14.9. The number of rotatable bonds is 4. The van der Waals surface area contributed by atoms with Gasteiger partial charge in [0.15, 0.2) is 11.9 Å². The van der Waals surface area contributed by atoms with E-state index in [1.807, 2.05) is 36.4 Å². The molecule has 0 radical (unpaired) electrons. The van der Waals surface area contributed by atoms with Gasteiger partial charge in [-0.3, -0.25) is 4.79 Å². The van der Waals surface area contributed by atoms with Crippen molar-refractivity contribution in [2.75, 3.05) is 7.11 Å². The number of ketones is 1. The van der Waals surface area contributed by atoms with E-state index in [9.17, 15) is 4.79 Å². The Bertz CT molecular complexity index is 619. The van der Waals surface area contributed by atoms with Crippen LogP contribution in [0.3, 0.4) is 0 Å². The van der Waals surface area contributed by atoms with Crippen molar-refractivity contribution in [2.45, 2.75) is 12.2 Å². The van der Waals surface area contributed by atoms with Crippen molar-refractivity contribution in [1.29, 1.82) is 0 Å². The van der Waals surface area contributed by atoms with E-state index < -0.39 is 0 Å².